The van der Waals surface area contributed by atoms with Gasteiger partial charge in [-0.2, -0.15) is 0 Å². The molecule has 0 spiro atoms. The lowest BCUT2D eigenvalue weighted by Crippen LogP contribution is -2.43. The molecular weight excluding hydrogens is 316 g/mol. The molecule has 25 heavy (non-hydrogen) atoms. The molecule has 132 valence electrons. The first kappa shape index (κ1) is 16.1. The molecule has 4 rings (SSSR count). The highest BCUT2D eigenvalue weighted by atomic mass is 16.2. The number of amides is 2. The third-order valence-electron chi connectivity index (χ3n) is 5.52. The second-order valence-corrected chi connectivity index (χ2v) is 7.26. The fraction of sp³-hybridized carbons (Fsp3) is 0.526. The van der Waals surface area contributed by atoms with Crippen LogP contribution in [0.25, 0.3) is 11.0 Å². The van der Waals surface area contributed by atoms with Crippen LogP contribution in [0.15, 0.2) is 24.3 Å². The molecule has 0 bridgehead atoms. The van der Waals surface area contributed by atoms with Gasteiger partial charge < -0.3 is 15.6 Å². The van der Waals surface area contributed by atoms with E-state index in [4.69, 9.17) is 4.98 Å². The molecule has 2 amide bonds. The number of nitrogens with one attached hydrogen (secondary N) is 3. The fourth-order valence-electron chi connectivity index (χ4n) is 3.98. The topological polar surface area (TPSA) is 86.9 Å². The summed E-state index contributed by atoms with van der Waals surface area (Å²) in [6.45, 7) is 0.706. The van der Waals surface area contributed by atoms with Gasteiger partial charge in [-0.1, -0.05) is 12.1 Å². The van der Waals surface area contributed by atoms with Gasteiger partial charge in [0.15, 0.2) is 0 Å². The van der Waals surface area contributed by atoms with E-state index in [0.717, 1.165) is 42.5 Å². The molecule has 0 unspecified atom stereocenters. The number of carbonyl (C=O) groups excluding carboxylic acids is 2. The van der Waals surface area contributed by atoms with E-state index >= 15 is 0 Å². The van der Waals surface area contributed by atoms with Crippen LogP contribution in [-0.4, -0.2) is 34.4 Å². The Morgan fingerprint density at radius 2 is 1.96 bits per heavy atom. The van der Waals surface area contributed by atoms with E-state index in [9.17, 15) is 9.59 Å². The van der Waals surface area contributed by atoms with Gasteiger partial charge in [0.05, 0.1) is 11.0 Å². The zero-order chi connectivity index (χ0) is 17.2. The van der Waals surface area contributed by atoms with Gasteiger partial charge in [0.25, 0.3) is 0 Å². The predicted octanol–water partition coefficient (Wildman–Crippen LogP) is 2.23. The molecule has 1 atom stereocenters. The summed E-state index contributed by atoms with van der Waals surface area (Å²) in [4.78, 5) is 31.5. The van der Waals surface area contributed by atoms with Crippen molar-refractivity contribution in [2.24, 2.45) is 5.92 Å². The first-order valence-corrected chi connectivity index (χ1v) is 9.21. The van der Waals surface area contributed by atoms with E-state index < -0.39 is 0 Å². The van der Waals surface area contributed by atoms with E-state index in [2.05, 4.69) is 21.7 Å². The minimum absolute atomic E-state index is 0.0218. The average molecular weight is 340 g/mol. The predicted molar refractivity (Wildman–Crippen MR) is 95.0 cm³/mol. The van der Waals surface area contributed by atoms with Crippen molar-refractivity contribution >= 4 is 22.8 Å². The minimum atomic E-state index is -0.334. The Labute approximate surface area is 146 Å². The molecule has 2 aromatic rings. The number of hydrogen-bond acceptors (Lipinski definition) is 3. The summed E-state index contributed by atoms with van der Waals surface area (Å²) < 4.78 is 0. The van der Waals surface area contributed by atoms with Gasteiger partial charge in [-0.15, -0.1) is 0 Å². The molecule has 2 fully saturated rings. The second-order valence-electron chi connectivity index (χ2n) is 7.26. The lowest BCUT2D eigenvalue weighted by atomic mass is 9.81. The van der Waals surface area contributed by atoms with Crippen molar-refractivity contribution in [3.8, 4) is 0 Å². The van der Waals surface area contributed by atoms with Crippen LogP contribution in [0.5, 0.6) is 0 Å². The quantitative estimate of drug-likeness (QED) is 0.798. The van der Waals surface area contributed by atoms with Gasteiger partial charge in [0.2, 0.25) is 11.8 Å². The standard InChI is InChI=1S/C19H24N4O2/c24-17-10-9-16(21-17)19(25)20-11-12-5-7-13(8-6-12)18-22-14-3-1-2-4-15(14)23-18/h1-4,12-13,16H,5-11H2,(H,20,25)(H,21,24)(H,22,23)/t12?,13?,16-/m1/s1. The Morgan fingerprint density at radius 3 is 2.68 bits per heavy atom. The van der Waals surface area contributed by atoms with E-state index in [-0.39, 0.29) is 17.9 Å². The minimum Gasteiger partial charge on any atom is -0.354 e. The van der Waals surface area contributed by atoms with Crippen molar-refractivity contribution in [1.29, 1.82) is 0 Å². The summed E-state index contributed by atoms with van der Waals surface area (Å²) in [5.41, 5.74) is 2.14. The van der Waals surface area contributed by atoms with Crippen LogP contribution in [0.1, 0.15) is 50.3 Å². The Kier molecular flexibility index (Phi) is 4.42. The van der Waals surface area contributed by atoms with Crippen molar-refractivity contribution in [1.82, 2.24) is 20.6 Å². The molecule has 1 saturated carbocycles. The maximum Gasteiger partial charge on any atom is 0.242 e. The largest absolute Gasteiger partial charge is 0.354 e. The van der Waals surface area contributed by atoms with Gasteiger partial charge in [-0.3, -0.25) is 9.59 Å². The van der Waals surface area contributed by atoms with Crippen LogP contribution in [0.2, 0.25) is 0 Å². The molecular formula is C19H24N4O2. The molecule has 1 aromatic heterocycles. The number of aromatic amines is 1. The molecule has 2 heterocycles. The summed E-state index contributed by atoms with van der Waals surface area (Å²) in [7, 11) is 0. The van der Waals surface area contributed by atoms with Crippen LogP contribution in [0, 0.1) is 5.92 Å². The van der Waals surface area contributed by atoms with Crippen molar-refractivity contribution < 1.29 is 9.59 Å². The summed E-state index contributed by atoms with van der Waals surface area (Å²) in [5.74, 6) is 2.03. The van der Waals surface area contributed by atoms with E-state index in [1.165, 1.54) is 0 Å². The number of H-pyrrole nitrogens is 1. The summed E-state index contributed by atoms with van der Waals surface area (Å²) in [5, 5.41) is 5.73. The smallest absolute Gasteiger partial charge is 0.242 e. The van der Waals surface area contributed by atoms with Crippen LogP contribution >= 0.6 is 0 Å². The Morgan fingerprint density at radius 1 is 1.16 bits per heavy atom. The highest BCUT2D eigenvalue weighted by Gasteiger charge is 2.29. The van der Waals surface area contributed by atoms with Crippen molar-refractivity contribution in [3.05, 3.63) is 30.1 Å². The first-order valence-electron chi connectivity index (χ1n) is 9.21. The molecule has 1 aliphatic carbocycles. The number of imidazole rings is 1. The third-order valence-corrected chi connectivity index (χ3v) is 5.52. The van der Waals surface area contributed by atoms with E-state index in [1.54, 1.807) is 0 Å². The van der Waals surface area contributed by atoms with Gasteiger partial charge in [0.1, 0.15) is 11.9 Å². The number of para-hydroxylation sites is 2. The second kappa shape index (κ2) is 6.86. The van der Waals surface area contributed by atoms with Gasteiger partial charge in [-0.25, -0.2) is 4.98 Å². The molecule has 1 aliphatic heterocycles. The van der Waals surface area contributed by atoms with Crippen molar-refractivity contribution in [3.63, 3.8) is 0 Å². The van der Waals surface area contributed by atoms with Crippen LogP contribution in [0.3, 0.4) is 0 Å². The number of fused-ring (bicyclic) bond motifs is 1. The zero-order valence-electron chi connectivity index (χ0n) is 14.3. The summed E-state index contributed by atoms with van der Waals surface area (Å²) in [6, 6.07) is 7.81. The number of nitrogens with zero attached hydrogens (tertiary/aromatic N) is 1. The van der Waals surface area contributed by atoms with Crippen LogP contribution < -0.4 is 10.6 Å². The number of carbonyl (C=O) groups is 2. The number of aromatic nitrogens is 2. The monoisotopic (exact) mass is 340 g/mol. The maximum atomic E-state index is 12.1. The van der Waals surface area contributed by atoms with Crippen molar-refractivity contribution in [2.45, 2.75) is 50.5 Å². The Balaban J connectivity index is 1.27. The van der Waals surface area contributed by atoms with Crippen LogP contribution in [0.4, 0.5) is 0 Å². The molecule has 6 nitrogen and oxygen atoms in total. The molecule has 2 aliphatic rings. The number of rotatable bonds is 4. The van der Waals surface area contributed by atoms with E-state index in [1.807, 2.05) is 18.2 Å². The maximum absolute atomic E-state index is 12.1. The summed E-state index contributed by atoms with van der Waals surface area (Å²) in [6.07, 6.45) is 5.46. The highest BCUT2D eigenvalue weighted by molar-refractivity contribution is 5.90. The fourth-order valence-corrected chi connectivity index (χ4v) is 3.98. The molecule has 0 radical (unpaired) electrons. The molecule has 6 heteroatoms. The highest BCUT2D eigenvalue weighted by Crippen LogP contribution is 2.35. The van der Waals surface area contributed by atoms with Gasteiger partial charge >= 0.3 is 0 Å². The zero-order valence-corrected chi connectivity index (χ0v) is 14.3. The number of benzene rings is 1. The van der Waals surface area contributed by atoms with Crippen molar-refractivity contribution in [2.75, 3.05) is 6.54 Å². The molecule has 1 aromatic carbocycles. The van der Waals surface area contributed by atoms with E-state index in [0.29, 0.717) is 31.2 Å². The Hall–Kier alpha value is -2.37. The SMILES string of the molecule is O=C1CC[C@H](C(=O)NCC2CCC(c3nc4ccccc4[nH]3)CC2)N1. The summed E-state index contributed by atoms with van der Waals surface area (Å²) >= 11 is 0. The lowest BCUT2D eigenvalue weighted by Gasteiger charge is -2.27. The normalized spacial score (nSPS) is 26.6. The first-order chi connectivity index (χ1) is 12.2. The molecule has 3 N–H and O–H groups in total. The van der Waals surface area contributed by atoms with Crippen LogP contribution in [-0.2, 0) is 9.59 Å². The Bertz CT molecular complexity index is 744. The third kappa shape index (κ3) is 3.52. The molecule has 1 saturated heterocycles. The lowest BCUT2D eigenvalue weighted by molar-refractivity contribution is -0.125. The van der Waals surface area contributed by atoms with Gasteiger partial charge in [0, 0.05) is 18.9 Å². The average Bonchev–Trinajstić information content (AvgIpc) is 3.26. The van der Waals surface area contributed by atoms with Gasteiger partial charge in [-0.05, 0) is 50.2 Å². The number of hydrogen-bond donors (Lipinski definition) is 3.